The van der Waals surface area contributed by atoms with Gasteiger partial charge in [-0.15, -0.1) is 10.2 Å². The smallest absolute Gasteiger partial charge is 0.243 e. The molecule has 0 bridgehead atoms. The van der Waals surface area contributed by atoms with Crippen molar-refractivity contribution in [3.05, 3.63) is 54.6 Å². The lowest BCUT2D eigenvalue weighted by atomic mass is 10.2. The Kier molecular flexibility index (Phi) is 7.26. The predicted molar refractivity (Wildman–Crippen MR) is 118 cm³/mol. The highest BCUT2D eigenvalue weighted by Gasteiger charge is 2.23. The molecule has 0 amide bonds. The topological polar surface area (TPSA) is 91.9 Å². The van der Waals surface area contributed by atoms with E-state index in [1.165, 1.54) is 16.1 Å². The first-order valence-corrected chi connectivity index (χ1v) is 12.1. The van der Waals surface area contributed by atoms with Gasteiger partial charge < -0.3 is 0 Å². The molecule has 0 unspecified atom stereocenters. The molecule has 2 aromatic carbocycles. The van der Waals surface area contributed by atoms with Crippen LogP contribution in [0.2, 0.25) is 0 Å². The van der Waals surface area contributed by atoms with E-state index in [0.29, 0.717) is 41.8 Å². The lowest BCUT2D eigenvalue weighted by molar-refractivity contribution is 0.445. The van der Waals surface area contributed by atoms with Crippen molar-refractivity contribution in [2.24, 2.45) is 0 Å². The largest absolute Gasteiger partial charge is 0.270 e. The van der Waals surface area contributed by atoms with Crippen molar-refractivity contribution in [3.8, 4) is 23.1 Å². The summed E-state index contributed by atoms with van der Waals surface area (Å²) < 4.78 is 29.2. The summed E-state index contributed by atoms with van der Waals surface area (Å²) in [6.45, 7) is 4.45. The summed E-state index contributed by atoms with van der Waals surface area (Å²) in [6.07, 6.45) is 0.402. The molecule has 0 saturated carbocycles. The van der Waals surface area contributed by atoms with Crippen molar-refractivity contribution >= 4 is 21.8 Å². The SMILES string of the molecule is CCN(CC)S(=O)(=O)c1cccc(-c2nnc(SCCC#N)n2-c2ccccc2)c1. The number of hydrogen-bond donors (Lipinski definition) is 0. The molecule has 0 aliphatic heterocycles. The molecule has 7 nitrogen and oxygen atoms in total. The van der Waals surface area contributed by atoms with E-state index in [9.17, 15) is 8.42 Å². The highest BCUT2D eigenvalue weighted by atomic mass is 32.2. The van der Waals surface area contributed by atoms with Gasteiger partial charge in [0, 0.05) is 36.5 Å². The molecule has 3 rings (SSSR count). The summed E-state index contributed by atoms with van der Waals surface area (Å²) in [6, 6.07) is 18.6. The van der Waals surface area contributed by atoms with Crippen molar-refractivity contribution in [2.45, 2.75) is 30.3 Å². The van der Waals surface area contributed by atoms with Crippen LogP contribution in [0.3, 0.4) is 0 Å². The summed E-state index contributed by atoms with van der Waals surface area (Å²) in [4.78, 5) is 0.227. The molecule has 3 aromatic rings. The van der Waals surface area contributed by atoms with Crippen LogP contribution in [0.15, 0.2) is 64.6 Å². The molecule has 0 saturated heterocycles. The molecule has 1 heterocycles. The molecular formula is C21H23N5O2S2. The van der Waals surface area contributed by atoms with Crippen molar-refractivity contribution in [1.82, 2.24) is 19.1 Å². The molecule has 0 spiro atoms. The van der Waals surface area contributed by atoms with Crippen molar-refractivity contribution in [3.63, 3.8) is 0 Å². The molecule has 0 fully saturated rings. The fourth-order valence-electron chi connectivity index (χ4n) is 3.06. The lowest BCUT2D eigenvalue weighted by Crippen LogP contribution is -2.30. The Hall–Kier alpha value is -2.67. The lowest BCUT2D eigenvalue weighted by Gasteiger charge is -2.18. The summed E-state index contributed by atoms with van der Waals surface area (Å²) in [7, 11) is -3.59. The van der Waals surface area contributed by atoms with Gasteiger partial charge in [0.25, 0.3) is 0 Å². The molecule has 156 valence electrons. The molecule has 9 heteroatoms. The summed E-state index contributed by atoms with van der Waals surface area (Å²) in [5.41, 5.74) is 1.53. The van der Waals surface area contributed by atoms with Gasteiger partial charge in [-0.2, -0.15) is 9.57 Å². The van der Waals surface area contributed by atoms with E-state index in [0.717, 1.165) is 5.69 Å². The zero-order valence-electron chi connectivity index (χ0n) is 16.9. The van der Waals surface area contributed by atoms with Gasteiger partial charge in [-0.3, -0.25) is 4.57 Å². The van der Waals surface area contributed by atoms with Crippen molar-refractivity contribution in [2.75, 3.05) is 18.8 Å². The zero-order chi connectivity index (χ0) is 21.6. The predicted octanol–water partition coefficient (Wildman–Crippen LogP) is 3.97. The highest BCUT2D eigenvalue weighted by Crippen LogP contribution is 2.30. The fourth-order valence-corrected chi connectivity index (χ4v) is 5.36. The van der Waals surface area contributed by atoms with Crippen LogP contribution in [0, 0.1) is 11.3 Å². The quantitative estimate of drug-likeness (QED) is 0.368. The number of thioether (sulfide) groups is 1. The molecule has 0 aliphatic carbocycles. The minimum absolute atomic E-state index is 0.227. The van der Waals surface area contributed by atoms with E-state index in [2.05, 4.69) is 16.3 Å². The third-order valence-electron chi connectivity index (χ3n) is 4.53. The Balaban J connectivity index is 2.09. The number of nitriles is 1. The normalized spacial score (nSPS) is 11.5. The maximum atomic E-state index is 13.0. The maximum absolute atomic E-state index is 13.0. The van der Waals surface area contributed by atoms with Gasteiger partial charge in [-0.05, 0) is 24.3 Å². The Morgan fingerprint density at radius 3 is 2.47 bits per heavy atom. The second-order valence-corrected chi connectivity index (χ2v) is 9.35. The van der Waals surface area contributed by atoms with Gasteiger partial charge in [0.1, 0.15) is 0 Å². The van der Waals surface area contributed by atoms with E-state index in [-0.39, 0.29) is 4.90 Å². The number of hydrogen-bond acceptors (Lipinski definition) is 6. The average molecular weight is 442 g/mol. The van der Waals surface area contributed by atoms with Crippen LogP contribution in [0.4, 0.5) is 0 Å². The van der Waals surface area contributed by atoms with Gasteiger partial charge in [-0.1, -0.05) is 55.9 Å². The van der Waals surface area contributed by atoms with Gasteiger partial charge in [0.05, 0.1) is 11.0 Å². The van der Waals surface area contributed by atoms with E-state index < -0.39 is 10.0 Å². The standard InChI is InChI=1S/C21H23N5O2S2/c1-3-25(4-2)30(27,28)19-13-8-10-17(16-19)20-23-24-21(29-15-9-14-22)26(20)18-11-6-5-7-12-18/h5-8,10-13,16H,3-4,9,15H2,1-2H3. The fraction of sp³-hybridized carbons (Fsp3) is 0.286. The van der Waals surface area contributed by atoms with Crippen LogP contribution in [-0.2, 0) is 10.0 Å². The molecule has 0 aliphatic rings. The second kappa shape index (κ2) is 9.89. The number of nitrogens with zero attached hydrogens (tertiary/aromatic N) is 5. The number of para-hydroxylation sites is 1. The molecule has 30 heavy (non-hydrogen) atoms. The van der Waals surface area contributed by atoms with Crippen LogP contribution in [-0.4, -0.2) is 46.3 Å². The molecule has 1 aromatic heterocycles. The first-order chi connectivity index (χ1) is 14.5. The average Bonchev–Trinajstić information content (AvgIpc) is 3.19. The van der Waals surface area contributed by atoms with Gasteiger partial charge in [0.15, 0.2) is 11.0 Å². The first kappa shape index (κ1) is 22.0. The molecule has 0 N–H and O–H groups in total. The summed E-state index contributed by atoms with van der Waals surface area (Å²) >= 11 is 1.44. The van der Waals surface area contributed by atoms with Crippen LogP contribution in [0.5, 0.6) is 0 Å². The van der Waals surface area contributed by atoms with Crippen molar-refractivity contribution < 1.29 is 8.42 Å². The zero-order valence-corrected chi connectivity index (χ0v) is 18.5. The van der Waals surface area contributed by atoms with Gasteiger partial charge in [0.2, 0.25) is 10.0 Å². The van der Waals surface area contributed by atoms with Crippen LogP contribution in [0.1, 0.15) is 20.3 Å². The Morgan fingerprint density at radius 2 is 1.80 bits per heavy atom. The molecular weight excluding hydrogens is 418 g/mol. The van der Waals surface area contributed by atoms with Gasteiger partial charge in [-0.25, -0.2) is 8.42 Å². The van der Waals surface area contributed by atoms with E-state index in [1.807, 2.05) is 54.8 Å². The number of benzene rings is 2. The van der Waals surface area contributed by atoms with E-state index in [4.69, 9.17) is 5.26 Å². The minimum atomic E-state index is -3.59. The molecule has 0 atom stereocenters. The summed E-state index contributed by atoms with van der Waals surface area (Å²) in [5.74, 6) is 1.15. The first-order valence-electron chi connectivity index (χ1n) is 9.64. The highest BCUT2D eigenvalue weighted by molar-refractivity contribution is 7.99. The van der Waals surface area contributed by atoms with Crippen molar-refractivity contribution in [1.29, 1.82) is 5.26 Å². The van der Waals surface area contributed by atoms with Crippen LogP contribution < -0.4 is 0 Å². The second-order valence-electron chi connectivity index (χ2n) is 6.35. The van der Waals surface area contributed by atoms with E-state index >= 15 is 0 Å². The number of rotatable bonds is 9. The Morgan fingerprint density at radius 1 is 1.07 bits per heavy atom. The minimum Gasteiger partial charge on any atom is -0.270 e. The van der Waals surface area contributed by atoms with Crippen LogP contribution >= 0.6 is 11.8 Å². The van der Waals surface area contributed by atoms with Gasteiger partial charge >= 0.3 is 0 Å². The Labute approximate surface area is 181 Å². The monoisotopic (exact) mass is 441 g/mol. The third kappa shape index (κ3) is 4.56. The summed E-state index contributed by atoms with van der Waals surface area (Å²) in [5, 5.41) is 18.2. The van der Waals surface area contributed by atoms with Crippen LogP contribution in [0.25, 0.3) is 17.1 Å². The van der Waals surface area contributed by atoms with E-state index in [1.54, 1.807) is 18.2 Å². The Bertz CT molecular complexity index is 1130. The third-order valence-corrected chi connectivity index (χ3v) is 7.50. The maximum Gasteiger partial charge on any atom is 0.243 e. The number of sulfonamides is 1. The number of aromatic nitrogens is 3. The molecule has 0 radical (unpaired) electrons.